The van der Waals surface area contributed by atoms with Gasteiger partial charge >= 0.3 is 5.97 Å². The number of hydrogen-bond donors (Lipinski definition) is 2. The number of carboxylic acids is 1. The highest BCUT2D eigenvalue weighted by Gasteiger charge is 2.30. The Labute approximate surface area is 216 Å². The SMILES string of the molecule is [C-]#[N+]C(=C1CCN(C(=O)C(=O)c2c[nH]c3c(-n4cnc(C(=O)O)n4)ncc(OC)c23)CC1)c1ccccc1. The minimum absolute atomic E-state index is 0.0940. The van der Waals surface area contributed by atoms with Crippen LogP contribution in [0.15, 0.2) is 54.6 Å². The van der Waals surface area contributed by atoms with E-state index in [-0.39, 0.29) is 17.1 Å². The van der Waals surface area contributed by atoms with Gasteiger partial charge in [0, 0.05) is 19.3 Å². The molecule has 4 aromatic rings. The number of methoxy groups -OCH3 is 1. The first-order chi connectivity index (χ1) is 18.4. The van der Waals surface area contributed by atoms with E-state index in [1.165, 1.54) is 30.7 Å². The van der Waals surface area contributed by atoms with E-state index in [2.05, 4.69) is 24.9 Å². The van der Waals surface area contributed by atoms with Gasteiger partial charge in [-0.25, -0.2) is 19.6 Å². The van der Waals surface area contributed by atoms with Crippen LogP contribution >= 0.6 is 0 Å². The van der Waals surface area contributed by atoms with Gasteiger partial charge in [0.15, 0.2) is 11.5 Å². The molecule has 5 rings (SSSR count). The van der Waals surface area contributed by atoms with Crippen LogP contribution in [-0.4, -0.2) is 72.6 Å². The summed E-state index contributed by atoms with van der Waals surface area (Å²) in [5, 5.41) is 13.3. The van der Waals surface area contributed by atoms with Gasteiger partial charge in [-0.3, -0.25) is 9.59 Å². The van der Waals surface area contributed by atoms with Crippen LogP contribution in [0.3, 0.4) is 0 Å². The number of carboxylic acid groups (broad SMARTS) is 1. The van der Waals surface area contributed by atoms with Crippen LogP contribution in [0.1, 0.15) is 39.4 Å². The molecule has 0 spiro atoms. The molecule has 1 aliphatic heterocycles. The molecule has 0 radical (unpaired) electrons. The Bertz CT molecular complexity index is 1640. The number of rotatable bonds is 6. The van der Waals surface area contributed by atoms with Crippen molar-refractivity contribution in [2.75, 3.05) is 20.2 Å². The maximum atomic E-state index is 13.4. The van der Waals surface area contributed by atoms with Gasteiger partial charge in [0.2, 0.25) is 0 Å². The maximum Gasteiger partial charge on any atom is 0.375 e. The standard InChI is InChI=1S/C26H21N7O5/c1-27-20(15-6-4-3-5-7-15)16-8-10-32(11-9-16)25(35)22(34)17-12-28-21-19(17)18(38-2)13-29-24(21)33-14-30-23(31-33)26(36)37/h3-7,12-14,28H,8-11H2,2H3,(H,36,37). The van der Waals surface area contributed by atoms with Crippen LogP contribution in [0.25, 0.3) is 27.3 Å². The van der Waals surface area contributed by atoms with Crippen LogP contribution in [0.5, 0.6) is 5.75 Å². The van der Waals surface area contributed by atoms with Gasteiger partial charge in [0.1, 0.15) is 12.1 Å². The molecular formula is C26H21N7O5. The second-order valence-electron chi connectivity index (χ2n) is 8.47. The highest BCUT2D eigenvalue weighted by atomic mass is 16.5. The number of H-pyrrole nitrogens is 1. The van der Waals surface area contributed by atoms with Crippen molar-refractivity contribution in [2.45, 2.75) is 12.8 Å². The Balaban J connectivity index is 1.42. The smallest absolute Gasteiger partial charge is 0.375 e. The van der Waals surface area contributed by atoms with Crippen molar-refractivity contribution in [1.82, 2.24) is 29.6 Å². The number of nitrogens with one attached hydrogen (secondary N) is 1. The van der Waals surface area contributed by atoms with Gasteiger partial charge in [0.25, 0.3) is 17.5 Å². The Hall–Kier alpha value is -5.31. The average Bonchev–Trinajstić information content (AvgIpc) is 3.62. The fourth-order valence-electron chi connectivity index (χ4n) is 4.49. The second kappa shape index (κ2) is 9.98. The van der Waals surface area contributed by atoms with Crippen LogP contribution in [0.2, 0.25) is 0 Å². The number of pyridine rings is 1. The fourth-order valence-corrected chi connectivity index (χ4v) is 4.49. The summed E-state index contributed by atoms with van der Waals surface area (Å²) in [5.41, 5.74) is 2.81. The highest BCUT2D eigenvalue weighted by Crippen LogP contribution is 2.33. The van der Waals surface area contributed by atoms with Gasteiger partial charge in [-0.15, -0.1) is 5.10 Å². The van der Waals surface area contributed by atoms with Crippen molar-refractivity contribution in [2.24, 2.45) is 0 Å². The number of carbonyl (C=O) groups excluding carboxylic acids is 2. The van der Waals surface area contributed by atoms with Crippen LogP contribution < -0.4 is 4.74 Å². The molecule has 0 atom stereocenters. The zero-order valence-electron chi connectivity index (χ0n) is 20.2. The van der Waals surface area contributed by atoms with Crippen molar-refractivity contribution in [1.29, 1.82) is 0 Å². The normalized spacial score (nSPS) is 13.3. The fraction of sp³-hybridized carbons (Fsp3) is 0.192. The minimum Gasteiger partial charge on any atom is -0.494 e. The summed E-state index contributed by atoms with van der Waals surface area (Å²) in [7, 11) is 1.41. The first-order valence-electron chi connectivity index (χ1n) is 11.6. The molecule has 1 fully saturated rings. The number of fused-ring (bicyclic) bond motifs is 1. The number of hydrogen-bond acceptors (Lipinski definition) is 7. The summed E-state index contributed by atoms with van der Waals surface area (Å²) >= 11 is 0. The summed E-state index contributed by atoms with van der Waals surface area (Å²) in [6.07, 6.45) is 4.94. The van der Waals surface area contributed by atoms with Crippen LogP contribution in [0, 0.1) is 6.57 Å². The molecule has 0 bridgehead atoms. The van der Waals surface area contributed by atoms with E-state index in [1.807, 2.05) is 30.3 Å². The van der Waals surface area contributed by atoms with E-state index in [0.717, 1.165) is 15.8 Å². The third-order valence-corrected chi connectivity index (χ3v) is 6.36. The number of carbonyl (C=O) groups is 3. The zero-order chi connectivity index (χ0) is 26.8. The molecule has 1 saturated heterocycles. The number of aromatic nitrogens is 5. The lowest BCUT2D eigenvalue weighted by molar-refractivity contribution is -0.126. The molecule has 12 nitrogen and oxygen atoms in total. The Morgan fingerprint density at radius 3 is 2.50 bits per heavy atom. The second-order valence-corrected chi connectivity index (χ2v) is 8.47. The Morgan fingerprint density at radius 1 is 1.13 bits per heavy atom. The Morgan fingerprint density at radius 2 is 1.87 bits per heavy atom. The molecule has 0 saturated carbocycles. The number of benzene rings is 1. The maximum absolute atomic E-state index is 13.4. The number of Topliss-reactive ketones (excluding diaryl/α,β-unsaturated/α-hetero) is 1. The predicted molar refractivity (Wildman–Crippen MR) is 135 cm³/mol. The minimum atomic E-state index is -1.30. The van der Waals surface area contributed by atoms with Gasteiger partial charge in [-0.05, 0) is 18.4 Å². The number of aromatic amines is 1. The van der Waals surface area contributed by atoms with E-state index >= 15 is 0 Å². The number of aromatic carboxylic acids is 1. The van der Waals surface area contributed by atoms with E-state index in [4.69, 9.17) is 16.4 Å². The molecular weight excluding hydrogens is 490 g/mol. The van der Waals surface area contributed by atoms with E-state index < -0.39 is 23.5 Å². The largest absolute Gasteiger partial charge is 0.494 e. The number of piperidine rings is 1. The molecule has 1 amide bonds. The van der Waals surface area contributed by atoms with E-state index in [9.17, 15) is 14.4 Å². The number of nitrogens with zero attached hydrogens (tertiary/aromatic N) is 6. The third-order valence-electron chi connectivity index (χ3n) is 6.36. The van der Waals surface area contributed by atoms with Gasteiger partial charge < -0.3 is 19.7 Å². The lowest BCUT2D eigenvalue weighted by Gasteiger charge is -2.28. The first kappa shape index (κ1) is 24.4. The molecule has 38 heavy (non-hydrogen) atoms. The molecule has 0 aliphatic carbocycles. The lowest BCUT2D eigenvalue weighted by atomic mass is 9.97. The number of likely N-dealkylation sites (tertiary alicyclic amines) is 1. The van der Waals surface area contributed by atoms with Gasteiger partial charge in [-0.1, -0.05) is 35.9 Å². The lowest BCUT2D eigenvalue weighted by Crippen LogP contribution is -2.40. The summed E-state index contributed by atoms with van der Waals surface area (Å²) < 4.78 is 6.56. The first-order valence-corrected chi connectivity index (χ1v) is 11.6. The summed E-state index contributed by atoms with van der Waals surface area (Å²) in [5.74, 6) is -2.66. The molecule has 1 aromatic carbocycles. The predicted octanol–water partition coefficient (Wildman–Crippen LogP) is 2.99. The molecule has 3 aromatic heterocycles. The molecule has 190 valence electrons. The van der Waals surface area contributed by atoms with Crippen molar-refractivity contribution >= 4 is 34.3 Å². The summed E-state index contributed by atoms with van der Waals surface area (Å²) in [6.45, 7) is 8.25. The summed E-state index contributed by atoms with van der Waals surface area (Å²) in [4.78, 5) is 53.9. The average molecular weight is 511 g/mol. The Kier molecular flexibility index (Phi) is 6.40. The zero-order valence-corrected chi connectivity index (χ0v) is 20.2. The molecule has 0 unspecified atom stereocenters. The van der Waals surface area contributed by atoms with Crippen molar-refractivity contribution in [3.63, 3.8) is 0 Å². The van der Waals surface area contributed by atoms with Crippen molar-refractivity contribution < 1.29 is 24.2 Å². The molecule has 12 heteroatoms. The number of ketones is 1. The van der Waals surface area contributed by atoms with Crippen molar-refractivity contribution in [3.8, 4) is 11.6 Å². The third kappa shape index (κ3) is 4.26. The highest BCUT2D eigenvalue weighted by molar-refractivity contribution is 6.45. The molecule has 4 heterocycles. The van der Waals surface area contributed by atoms with E-state index in [1.54, 1.807) is 0 Å². The summed E-state index contributed by atoms with van der Waals surface area (Å²) in [6, 6.07) is 9.42. The quantitative estimate of drug-likeness (QED) is 0.228. The van der Waals surface area contributed by atoms with Crippen LogP contribution in [0.4, 0.5) is 0 Å². The van der Waals surface area contributed by atoms with Gasteiger partial charge in [-0.2, -0.15) is 4.68 Å². The molecule has 1 aliphatic rings. The topological polar surface area (TPSA) is 148 Å². The number of amides is 1. The van der Waals surface area contributed by atoms with Crippen molar-refractivity contribution in [3.05, 3.63) is 83.0 Å². The van der Waals surface area contributed by atoms with Gasteiger partial charge in [0.05, 0.1) is 36.3 Å². The van der Waals surface area contributed by atoms with Crippen LogP contribution in [-0.2, 0) is 4.79 Å². The molecule has 2 N–H and O–H groups in total. The monoisotopic (exact) mass is 511 g/mol. The van der Waals surface area contributed by atoms with E-state index in [0.29, 0.717) is 42.5 Å². The number of ether oxygens (including phenoxy) is 1.